The average Bonchev–Trinajstić information content (AvgIpc) is 1.35. The Balaban J connectivity index is 0. The van der Waals surface area contributed by atoms with Gasteiger partial charge >= 0.3 is 29.6 Å². The number of rotatable bonds is 2. The van der Waals surface area contributed by atoms with Crippen molar-refractivity contribution in [3.8, 4) is 0 Å². The van der Waals surface area contributed by atoms with Crippen molar-refractivity contribution in [2.24, 2.45) is 11.5 Å². The van der Waals surface area contributed by atoms with E-state index in [1.165, 1.54) is 0 Å². The number of hydrogen-bond acceptors (Lipinski definition) is 2. The summed E-state index contributed by atoms with van der Waals surface area (Å²) in [6, 6.07) is 0.0231. The molecule has 0 bridgehead atoms. The molecule has 0 aromatic heterocycles. The van der Waals surface area contributed by atoms with Crippen molar-refractivity contribution in [1.82, 2.24) is 0 Å². The van der Waals surface area contributed by atoms with E-state index in [1.807, 2.05) is 0 Å². The Labute approximate surface area is 66.9 Å². The third-order valence-electron chi connectivity index (χ3n) is 0.537. The predicted octanol–water partition coefficient (Wildman–Crippen LogP) is -3.50. The van der Waals surface area contributed by atoms with Crippen LogP contribution in [0.4, 0.5) is 0 Å². The summed E-state index contributed by atoms with van der Waals surface area (Å²) < 4.78 is 0. The Morgan fingerprint density at radius 1 is 1.57 bits per heavy atom. The second kappa shape index (κ2) is 6.92. The van der Waals surface area contributed by atoms with E-state index < -0.39 is 0 Å². The van der Waals surface area contributed by atoms with E-state index in [1.54, 1.807) is 0 Å². The van der Waals surface area contributed by atoms with Gasteiger partial charge in [0.15, 0.2) is 0 Å². The first-order valence-corrected chi connectivity index (χ1v) is 2.06. The Morgan fingerprint density at radius 3 is 2.00 bits per heavy atom. The molecule has 38 valence electrons. The Morgan fingerprint density at radius 2 is 2.00 bits per heavy atom. The maximum Gasteiger partial charge on any atom is 1.00 e. The molecular weight excluding hydrogens is 99.0 g/mol. The minimum absolute atomic E-state index is 0. The van der Waals surface area contributed by atoms with Crippen molar-refractivity contribution < 1.29 is 29.6 Å². The summed E-state index contributed by atoms with van der Waals surface area (Å²) in [6.07, 6.45) is 0.819. The van der Waals surface area contributed by atoms with Crippen molar-refractivity contribution >= 4 is 0 Å². The van der Waals surface area contributed by atoms with E-state index in [0.717, 1.165) is 6.42 Å². The van der Waals surface area contributed by atoms with Gasteiger partial charge < -0.3 is 18.4 Å². The SMILES string of the molecule is [CH2-]C(N)CCN.[Na+]. The van der Waals surface area contributed by atoms with Gasteiger partial charge in [0.1, 0.15) is 0 Å². The second-order valence-corrected chi connectivity index (χ2v) is 1.34. The monoisotopic (exact) mass is 110 g/mol. The fourth-order valence-corrected chi connectivity index (χ4v) is 0.214. The molecule has 0 saturated carbocycles. The molecule has 0 aliphatic carbocycles. The summed E-state index contributed by atoms with van der Waals surface area (Å²) in [6.45, 7) is 4.17. The van der Waals surface area contributed by atoms with Gasteiger partial charge in [-0.25, -0.2) is 0 Å². The molecule has 2 nitrogen and oxygen atoms in total. The first kappa shape index (κ1) is 10.8. The molecular formula is C4H11N2Na. The first-order valence-electron chi connectivity index (χ1n) is 2.06. The largest absolute Gasteiger partial charge is 1.00 e. The second-order valence-electron chi connectivity index (χ2n) is 1.34. The summed E-state index contributed by atoms with van der Waals surface area (Å²) >= 11 is 0. The van der Waals surface area contributed by atoms with Gasteiger partial charge in [-0.15, -0.1) is 6.04 Å². The maximum absolute atomic E-state index is 5.21. The van der Waals surface area contributed by atoms with E-state index >= 15 is 0 Å². The normalized spacial score (nSPS) is 12.4. The van der Waals surface area contributed by atoms with Crippen LogP contribution < -0.4 is 41.0 Å². The Bertz CT molecular complexity index is 30.9. The van der Waals surface area contributed by atoms with Crippen molar-refractivity contribution in [2.75, 3.05) is 6.54 Å². The molecule has 0 aromatic carbocycles. The minimum Gasteiger partial charge on any atom is -0.357 e. The molecule has 0 fully saturated rings. The van der Waals surface area contributed by atoms with Crippen LogP contribution in [0.3, 0.4) is 0 Å². The quantitative estimate of drug-likeness (QED) is 0.286. The number of nitrogens with two attached hydrogens (primary N) is 2. The van der Waals surface area contributed by atoms with Crippen molar-refractivity contribution in [3.63, 3.8) is 0 Å². The molecule has 0 heterocycles. The fourth-order valence-electron chi connectivity index (χ4n) is 0.214. The average molecular weight is 110 g/mol. The van der Waals surface area contributed by atoms with Crippen LogP contribution in [0, 0.1) is 6.92 Å². The smallest absolute Gasteiger partial charge is 0.357 e. The predicted molar refractivity (Wildman–Crippen MR) is 27.0 cm³/mol. The van der Waals surface area contributed by atoms with Crippen molar-refractivity contribution in [2.45, 2.75) is 12.5 Å². The van der Waals surface area contributed by atoms with Crippen LogP contribution >= 0.6 is 0 Å². The summed E-state index contributed by atoms with van der Waals surface area (Å²) in [5, 5.41) is 0. The molecule has 0 aliphatic rings. The number of hydrogen-bond donors (Lipinski definition) is 2. The van der Waals surface area contributed by atoms with Crippen LogP contribution in [-0.2, 0) is 0 Å². The van der Waals surface area contributed by atoms with E-state index in [2.05, 4.69) is 6.92 Å². The third kappa shape index (κ3) is 10.9. The zero-order chi connectivity index (χ0) is 4.99. The fraction of sp³-hybridized carbons (Fsp3) is 0.750. The van der Waals surface area contributed by atoms with E-state index in [9.17, 15) is 0 Å². The van der Waals surface area contributed by atoms with Crippen LogP contribution in [0.1, 0.15) is 6.42 Å². The van der Waals surface area contributed by atoms with Crippen LogP contribution in [0.25, 0.3) is 0 Å². The van der Waals surface area contributed by atoms with Crippen LogP contribution in [0.5, 0.6) is 0 Å². The molecule has 0 rings (SSSR count). The molecule has 3 heteroatoms. The molecule has 4 N–H and O–H groups in total. The van der Waals surface area contributed by atoms with Crippen LogP contribution in [-0.4, -0.2) is 12.6 Å². The van der Waals surface area contributed by atoms with E-state index in [0.29, 0.717) is 6.54 Å². The Hall–Kier alpha value is 0.920. The van der Waals surface area contributed by atoms with Gasteiger partial charge in [-0.3, -0.25) is 0 Å². The van der Waals surface area contributed by atoms with Gasteiger partial charge in [-0.05, 0) is 6.54 Å². The standard InChI is InChI=1S/C4H11N2.Na/c1-4(6)2-3-5;/h4H,1-3,5-6H2;/q-1;+1. The molecule has 0 amide bonds. The third-order valence-corrected chi connectivity index (χ3v) is 0.537. The zero-order valence-electron chi connectivity index (χ0n) is 4.85. The zero-order valence-corrected chi connectivity index (χ0v) is 6.85. The summed E-state index contributed by atoms with van der Waals surface area (Å²) in [7, 11) is 0. The summed E-state index contributed by atoms with van der Waals surface area (Å²) in [4.78, 5) is 0. The molecule has 1 unspecified atom stereocenters. The maximum atomic E-state index is 5.21. The van der Waals surface area contributed by atoms with E-state index in [4.69, 9.17) is 11.5 Å². The summed E-state index contributed by atoms with van der Waals surface area (Å²) in [5.74, 6) is 0. The molecule has 0 aromatic rings. The van der Waals surface area contributed by atoms with Gasteiger partial charge in [-0.2, -0.15) is 0 Å². The van der Waals surface area contributed by atoms with Crippen molar-refractivity contribution in [1.29, 1.82) is 0 Å². The molecule has 0 radical (unpaired) electrons. The first-order chi connectivity index (χ1) is 2.77. The van der Waals surface area contributed by atoms with Crippen molar-refractivity contribution in [3.05, 3.63) is 6.92 Å². The molecule has 0 spiro atoms. The molecule has 0 aliphatic heterocycles. The topological polar surface area (TPSA) is 52.0 Å². The summed E-state index contributed by atoms with van der Waals surface area (Å²) in [5.41, 5.74) is 10.3. The van der Waals surface area contributed by atoms with Gasteiger partial charge in [-0.1, -0.05) is 6.42 Å². The van der Waals surface area contributed by atoms with Crippen LogP contribution in [0.2, 0.25) is 0 Å². The van der Waals surface area contributed by atoms with Gasteiger partial charge in [0.25, 0.3) is 0 Å². The molecule has 1 atom stereocenters. The Kier molecular flexibility index (Phi) is 10.7. The van der Waals surface area contributed by atoms with E-state index in [-0.39, 0.29) is 35.6 Å². The van der Waals surface area contributed by atoms with Crippen LogP contribution in [0.15, 0.2) is 0 Å². The van der Waals surface area contributed by atoms with Gasteiger partial charge in [0.05, 0.1) is 0 Å². The molecule has 0 saturated heterocycles. The van der Waals surface area contributed by atoms with Gasteiger partial charge in [0, 0.05) is 0 Å². The van der Waals surface area contributed by atoms with Gasteiger partial charge in [0.2, 0.25) is 0 Å². The molecule has 7 heavy (non-hydrogen) atoms. The minimum atomic E-state index is 0.